The molecule has 6 heterocycles. The number of nitriles is 1. The average molecular weight is 1490 g/mol. The molecule has 0 amide bonds. The highest BCUT2D eigenvalue weighted by atomic mass is 15.2. The van der Waals surface area contributed by atoms with Gasteiger partial charge in [-0.3, -0.25) is 0 Å². The predicted octanol–water partition coefficient (Wildman–Crippen LogP) is 28.6. The Labute approximate surface area is 672 Å². The van der Waals surface area contributed by atoms with Crippen molar-refractivity contribution in [1.29, 1.82) is 5.26 Å². The van der Waals surface area contributed by atoms with E-state index in [0.29, 0.717) is 5.56 Å². The van der Waals surface area contributed by atoms with E-state index >= 15 is 0 Å². The molecule has 18 aromatic carbocycles. The number of hydrogen-bond acceptors (Lipinski definition) is 2. The van der Waals surface area contributed by atoms with Crippen molar-refractivity contribution < 1.29 is 0 Å². The molecular weight excluding hydrogens is 1420 g/mol. The van der Waals surface area contributed by atoms with Crippen molar-refractivity contribution in [3.63, 3.8) is 0 Å². The highest BCUT2D eigenvalue weighted by molar-refractivity contribution is 6.20. The van der Waals surface area contributed by atoms with E-state index < -0.39 is 0 Å². The fraction of sp³-hybridized carbons (Fsp3) is 0. The summed E-state index contributed by atoms with van der Waals surface area (Å²) < 4.78 is 15.0. The van der Waals surface area contributed by atoms with Crippen LogP contribution in [0, 0.1) is 11.3 Å². The van der Waals surface area contributed by atoms with E-state index in [2.05, 4.69) is 428 Å². The van der Waals surface area contributed by atoms with Crippen molar-refractivity contribution in [3.8, 4) is 84.7 Å². The Morgan fingerprint density at radius 2 is 0.470 bits per heavy atom. The monoisotopic (exact) mass is 1490 g/mol. The Balaban J connectivity index is 0.885. The number of aromatic nitrogens is 6. The predicted molar refractivity (Wildman–Crippen MR) is 489 cm³/mol. The third-order valence-corrected chi connectivity index (χ3v) is 24.4. The van der Waals surface area contributed by atoms with Crippen LogP contribution in [0.25, 0.3) is 209 Å². The Kier molecular flexibility index (Phi) is 14.6. The third kappa shape index (κ3) is 9.94. The molecule has 8 nitrogen and oxygen atoms in total. The summed E-state index contributed by atoms with van der Waals surface area (Å²) in [6.07, 6.45) is 0. The topological polar surface area (TPSA) is 65.4 Å². The fourth-order valence-corrected chi connectivity index (χ4v) is 19.4. The van der Waals surface area contributed by atoms with Gasteiger partial charge in [-0.25, -0.2) is 0 Å². The van der Waals surface area contributed by atoms with Crippen LogP contribution in [0.15, 0.2) is 406 Å². The lowest BCUT2D eigenvalue weighted by Crippen LogP contribution is -2.17. The highest BCUT2D eigenvalue weighted by Crippen LogP contribution is 2.56. The molecular formula is C109H68N8. The second-order valence-corrected chi connectivity index (χ2v) is 30.6. The molecule has 0 aliphatic rings. The lowest BCUT2D eigenvalue weighted by atomic mass is 9.92. The molecule has 1 N–H and O–H groups in total. The molecule has 24 aromatic rings. The molecule has 0 saturated heterocycles. The van der Waals surface area contributed by atoms with Gasteiger partial charge in [-0.15, -0.1) is 0 Å². The van der Waals surface area contributed by atoms with Crippen molar-refractivity contribution in [2.45, 2.75) is 0 Å². The zero-order chi connectivity index (χ0) is 76.9. The number of fused-ring (bicyclic) bond motifs is 18. The first-order chi connectivity index (χ1) is 58.1. The molecule has 24 rings (SSSR count). The highest BCUT2D eigenvalue weighted by Gasteiger charge is 2.36. The van der Waals surface area contributed by atoms with E-state index in [4.69, 9.17) is 5.32 Å². The maximum atomic E-state index is 10.9. The smallest absolute Gasteiger partial charge is 0.0991 e. The van der Waals surface area contributed by atoms with Gasteiger partial charge in [-0.2, -0.15) is 5.26 Å². The van der Waals surface area contributed by atoms with E-state index in [1.165, 1.54) is 21.5 Å². The molecule has 0 spiro atoms. The van der Waals surface area contributed by atoms with Gasteiger partial charge in [-0.1, -0.05) is 267 Å². The minimum Gasteiger partial charge on any atom is -0.351 e. The maximum absolute atomic E-state index is 10.9. The summed E-state index contributed by atoms with van der Waals surface area (Å²) >= 11 is 0. The average Bonchev–Trinajstić information content (AvgIpc) is 1.45. The molecule has 544 valence electrons. The minimum absolute atomic E-state index is 0.564. The normalized spacial score (nSPS) is 11.9. The van der Waals surface area contributed by atoms with Crippen LogP contribution in [0.5, 0.6) is 0 Å². The van der Waals surface area contributed by atoms with Crippen LogP contribution < -0.4 is 5.32 Å². The fourth-order valence-electron chi connectivity index (χ4n) is 19.4. The molecule has 0 bridgehead atoms. The minimum atomic E-state index is 0.564. The van der Waals surface area contributed by atoms with E-state index in [1.54, 1.807) is 0 Å². The van der Waals surface area contributed by atoms with Gasteiger partial charge in [0.1, 0.15) is 0 Å². The van der Waals surface area contributed by atoms with Gasteiger partial charge in [-0.05, 0) is 173 Å². The van der Waals surface area contributed by atoms with Gasteiger partial charge < -0.3 is 32.7 Å². The number of rotatable bonds is 12. The number of para-hydroxylation sites is 12. The Morgan fingerprint density at radius 1 is 0.197 bits per heavy atom. The van der Waals surface area contributed by atoms with Gasteiger partial charge >= 0.3 is 0 Å². The van der Waals surface area contributed by atoms with Crippen LogP contribution in [-0.4, -0.2) is 27.4 Å². The first kappa shape index (κ1) is 65.7. The molecule has 0 aliphatic heterocycles. The van der Waals surface area contributed by atoms with Gasteiger partial charge in [0.2, 0.25) is 0 Å². The first-order valence-corrected chi connectivity index (χ1v) is 40.0. The van der Waals surface area contributed by atoms with Crippen molar-refractivity contribution in [3.05, 3.63) is 412 Å². The first-order valence-electron chi connectivity index (χ1n) is 40.0. The van der Waals surface area contributed by atoms with Crippen molar-refractivity contribution in [2.24, 2.45) is 0 Å². The molecule has 0 atom stereocenters. The Bertz CT molecular complexity index is 7830. The zero-order valence-electron chi connectivity index (χ0n) is 63.3. The number of benzene rings is 18. The van der Waals surface area contributed by atoms with Crippen LogP contribution in [0.4, 0.5) is 11.4 Å². The van der Waals surface area contributed by atoms with Crippen LogP contribution in [0.3, 0.4) is 0 Å². The summed E-state index contributed by atoms with van der Waals surface area (Å²) in [5, 5.41) is 29.3. The van der Waals surface area contributed by atoms with E-state index in [1.807, 2.05) is 12.1 Å². The lowest BCUT2D eigenvalue weighted by Gasteiger charge is -2.32. The second-order valence-electron chi connectivity index (χ2n) is 30.6. The van der Waals surface area contributed by atoms with Gasteiger partial charge in [0.05, 0.1) is 106 Å². The van der Waals surface area contributed by atoms with Gasteiger partial charge in [0.25, 0.3) is 0 Å². The van der Waals surface area contributed by atoms with Crippen molar-refractivity contribution in [1.82, 2.24) is 27.4 Å². The van der Waals surface area contributed by atoms with E-state index in [0.717, 1.165) is 199 Å². The third-order valence-electron chi connectivity index (χ3n) is 24.4. The van der Waals surface area contributed by atoms with Crippen LogP contribution in [0.2, 0.25) is 0 Å². The van der Waals surface area contributed by atoms with E-state index in [-0.39, 0.29) is 0 Å². The molecule has 8 heteroatoms. The summed E-state index contributed by atoms with van der Waals surface area (Å²) in [6, 6.07) is 152. The van der Waals surface area contributed by atoms with Crippen LogP contribution >= 0.6 is 0 Å². The van der Waals surface area contributed by atoms with Crippen LogP contribution in [-0.2, 0) is 0 Å². The largest absolute Gasteiger partial charge is 0.351 e. The van der Waals surface area contributed by atoms with Crippen LogP contribution in [0.1, 0.15) is 5.56 Å². The van der Waals surface area contributed by atoms with E-state index in [9.17, 15) is 5.26 Å². The molecule has 0 radical (unpaired) electrons. The number of anilines is 2. The molecule has 117 heavy (non-hydrogen) atoms. The standard InChI is InChI=1S/C109H68N8/c110-68-69-54-56-70(57-55-69)104-106(114-94-46-19-7-34-78(94)79-35-8-20-47-95(79)114)108(116-98-50-23-11-38-82(98)83-39-12-24-51-99(83)116)105(109(117-100-52-25-13-40-84(100)85-41-14-26-53-101(85)117)107(104)115-96-48-21-9-36-80(96)81-37-10-22-49-97(81)115)111-91-61-58-72(74-60-63-103-90(67-74)87-43-16-18-45-93(87)113(103)77-32-5-2-6-33-77)65-88(91)75-29-27-28-71(64-75)73-59-62-102-89(66-73)86-42-15-17-44-92(86)112(102)76-30-3-1-4-31-76/h1-67,111H. The summed E-state index contributed by atoms with van der Waals surface area (Å²) in [5.74, 6) is 0. The molecule has 6 aromatic heterocycles. The van der Waals surface area contributed by atoms with Gasteiger partial charge in [0.15, 0.2) is 0 Å². The lowest BCUT2D eigenvalue weighted by molar-refractivity contribution is 1.05. The summed E-state index contributed by atoms with van der Waals surface area (Å²) in [5.41, 5.74) is 29.3. The van der Waals surface area contributed by atoms with Crippen molar-refractivity contribution >= 4 is 142 Å². The Morgan fingerprint density at radius 3 is 0.829 bits per heavy atom. The SMILES string of the molecule is N#Cc1ccc(-c2c(-n3c4ccccc4c4ccccc43)c(-n3c4ccccc4c4ccccc43)c(Nc3ccc(-c4ccc5c(c4)c4ccccc4n5-c4ccccc4)cc3-c3cccc(-c4ccc5c(c4)c4ccccc4n5-c4ccccc4)c3)c(-n3c4ccccc4c4ccccc43)c2-n2c3ccccc3c3ccccc32)cc1. The van der Waals surface area contributed by atoms with Gasteiger partial charge in [0, 0.05) is 92.8 Å². The molecule has 0 aliphatic carbocycles. The quantitative estimate of drug-likeness (QED) is 0.132. The zero-order valence-corrected chi connectivity index (χ0v) is 63.3. The van der Waals surface area contributed by atoms with Crippen molar-refractivity contribution in [2.75, 3.05) is 5.32 Å². The molecule has 0 unspecified atom stereocenters. The maximum Gasteiger partial charge on any atom is 0.0991 e. The summed E-state index contributed by atoms with van der Waals surface area (Å²) in [6.45, 7) is 0. The molecule has 0 fully saturated rings. The number of nitrogens with zero attached hydrogens (tertiary/aromatic N) is 7. The number of nitrogens with one attached hydrogen (secondary N) is 1. The summed E-state index contributed by atoms with van der Waals surface area (Å²) in [7, 11) is 0. The number of hydrogen-bond donors (Lipinski definition) is 1. The second kappa shape index (κ2) is 26.1. The summed E-state index contributed by atoms with van der Waals surface area (Å²) in [4.78, 5) is 0. The Hall–Kier alpha value is -16.0. The molecule has 0 saturated carbocycles.